The highest BCUT2D eigenvalue weighted by molar-refractivity contribution is 7.89. The zero-order valence-corrected chi connectivity index (χ0v) is 20.4. The summed E-state index contributed by atoms with van der Waals surface area (Å²) in [5, 5.41) is 14.6. The maximum atomic E-state index is 13.4. The molecule has 0 bridgehead atoms. The fourth-order valence-electron chi connectivity index (χ4n) is 4.52. The number of benzene rings is 1. The van der Waals surface area contributed by atoms with Crippen LogP contribution in [-0.2, 0) is 21.2 Å². The van der Waals surface area contributed by atoms with E-state index in [1.165, 1.54) is 16.6 Å². The largest absolute Gasteiger partial charge is 0.481 e. The first-order valence-electron chi connectivity index (χ1n) is 11.3. The van der Waals surface area contributed by atoms with E-state index in [0.29, 0.717) is 34.0 Å². The van der Waals surface area contributed by atoms with Gasteiger partial charge in [0.2, 0.25) is 22.7 Å². The lowest BCUT2D eigenvalue weighted by molar-refractivity contribution is -0.136. The van der Waals surface area contributed by atoms with Gasteiger partial charge in [-0.25, -0.2) is 13.4 Å². The minimum Gasteiger partial charge on any atom is -0.481 e. The van der Waals surface area contributed by atoms with Crippen LogP contribution in [0.25, 0.3) is 10.9 Å². The first kappa shape index (κ1) is 23.4. The summed E-state index contributed by atoms with van der Waals surface area (Å²) in [4.78, 5) is 15.7. The van der Waals surface area contributed by atoms with E-state index in [0.717, 1.165) is 0 Å². The highest BCUT2D eigenvalue weighted by Crippen LogP contribution is 2.40. The van der Waals surface area contributed by atoms with Crippen LogP contribution in [0.5, 0.6) is 17.4 Å². The number of pyridine rings is 1. The molecule has 0 radical (unpaired) electrons. The molecule has 11 nitrogen and oxygen atoms in total. The van der Waals surface area contributed by atoms with Gasteiger partial charge in [0.05, 0.1) is 36.0 Å². The molecule has 0 unspecified atom stereocenters. The molecule has 186 valence electrons. The number of hydrogen-bond donors (Lipinski definition) is 1. The summed E-state index contributed by atoms with van der Waals surface area (Å²) >= 11 is 0. The van der Waals surface area contributed by atoms with Gasteiger partial charge in [0.1, 0.15) is 4.90 Å². The van der Waals surface area contributed by atoms with Crippen LogP contribution in [0.2, 0.25) is 0 Å². The monoisotopic (exact) mass is 502 g/mol. The van der Waals surface area contributed by atoms with Gasteiger partial charge in [0.15, 0.2) is 11.5 Å². The molecule has 0 saturated carbocycles. The molecule has 12 heteroatoms. The van der Waals surface area contributed by atoms with Crippen LogP contribution < -0.4 is 14.2 Å². The lowest BCUT2D eigenvalue weighted by Crippen LogP contribution is -2.29. The summed E-state index contributed by atoms with van der Waals surface area (Å²) in [7, 11) is -3.80. The molecule has 0 aliphatic carbocycles. The fourth-order valence-corrected chi connectivity index (χ4v) is 6.02. The quantitative estimate of drug-likeness (QED) is 0.517. The number of fused-ring (bicyclic) bond motifs is 2. The zero-order chi connectivity index (χ0) is 24.9. The maximum absolute atomic E-state index is 13.4. The van der Waals surface area contributed by atoms with Crippen LogP contribution in [0, 0.1) is 5.92 Å². The fraction of sp³-hybridized carbons (Fsp3) is 0.435. The Morgan fingerprint density at radius 1 is 1.23 bits per heavy atom. The first-order valence-corrected chi connectivity index (χ1v) is 12.7. The summed E-state index contributed by atoms with van der Waals surface area (Å²) in [6.07, 6.45) is 0.973. The van der Waals surface area contributed by atoms with Crippen LogP contribution in [0.1, 0.15) is 32.5 Å². The zero-order valence-electron chi connectivity index (χ0n) is 19.5. The van der Waals surface area contributed by atoms with Gasteiger partial charge in [-0.3, -0.25) is 9.48 Å². The Labute approximate surface area is 202 Å². The summed E-state index contributed by atoms with van der Waals surface area (Å²) in [6, 6.07) is 6.25. The van der Waals surface area contributed by atoms with Crippen molar-refractivity contribution in [2.24, 2.45) is 5.92 Å². The Kier molecular flexibility index (Phi) is 5.80. The van der Waals surface area contributed by atoms with Crippen molar-refractivity contribution in [3.05, 3.63) is 36.2 Å². The van der Waals surface area contributed by atoms with Crippen molar-refractivity contribution in [3.63, 3.8) is 0 Å². The Hall–Kier alpha value is -3.38. The Morgan fingerprint density at radius 2 is 1.97 bits per heavy atom. The minimum absolute atomic E-state index is 0.0711. The molecule has 5 rings (SSSR count). The van der Waals surface area contributed by atoms with Crippen LogP contribution >= 0.6 is 0 Å². The van der Waals surface area contributed by atoms with E-state index in [4.69, 9.17) is 14.2 Å². The van der Waals surface area contributed by atoms with E-state index in [-0.39, 0.29) is 49.3 Å². The molecular weight excluding hydrogens is 476 g/mol. The summed E-state index contributed by atoms with van der Waals surface area (Å²) in [6.45, 7) is 6.25. The average molecular weight is 503 g/mol. The second-order valence-corrected chi connectivity index (χ2v) is 11.0. The summed E-state index contributed by atoms with van der Waals surface area (Å²) < 4.78 is 46.3. The number of hydrogen-bond acceptors (Lipinski definition) is 8. The van der Waals surface area contributed by atoms with E-state index >= 15 is 0 Å². The second-order valence-electron chi connectivity index (χ2n) is 9.05. The Balaban J connectivity index is 1.47. The molecule has 1 saturated heterocycles. The molecule has 1 aromatic carbocycles. The standard InChI is InChI=1S/C23H26N4O7S/c1-13(2)34-22-5-4-15(9-24-22)35(30,31)26-10-14(3)19(11-26)27-18-8-21-20(32-12-33-21)6-16(18)17(25-27)7-23(28)29/h4-6,8-9,13-14,19H,7,10-12H2,1-3H3,(H,28,29)/t14-,19+/m1/s1. The number of aliphatic carboxylic acids is 1. The van der Waals surface area contributed by atoms with Gasteiger partial charge in [-0.2, -0.15) is 9.40 Å². The first-order chi connectivity index (χ1) is 16.6. The van der Waals surface area contributed by atoms with Crippen molar-refractivity contribution in [2.75, 3.05) is 19.9 Å². The van der Waals surface area contributed by atoms with Gasteiger partial charge in [-0.1, -0.05) is 6.92 Å². The van der Waals surface area contributed by atoms with Crippen molar-refractivity contribution < 1.29 is 32.5 Å². The van der Waals surface area contributed by atoms with E-state index in [9.17, 15) is 18.3 Å². The number of carboxylic acid groups (broad SMARTS) is 1. The number of nitrogens with zero attached hydrogens (tertiary/aromatic N) is 4. The minimum atomic E-state index is -3.80. The molecular formula is C23H26N4O7S. The molecule has 4 heterocycles. The molecule has 1 N–H and O–H groups in total. The van der Waals surface area contributed by atoms with Gasteiger partial charge in [-0.05, 0) is 31.9 Å². The van der Waals surface area contributed by atoms with Gasteiger partial charge in [-0.15, -0.1) is 0 Å². The molecule has 0 spiro atoms. The van der Waals surface area contributed by atoms with Gasteiger partial charge >= 0.3 is 5.97 Å². The number of carboxylic acids is 1. The maximum Gasteiger partial charge on any atom is 0.309 e. The van der Waals surface area contributed by atoms with Crippen LogP contribution in [-0.4, -0.2) is 64.5 Å². The predicted molar refractivity (Wildman–Crippen MR) is 124 cm³/mol. The third-order valence-electron chi connectivity index (χ3n) is 6.15. The second kappa shape index (κ2) is 8.68. The number of aromatic nitrogens is 3. The number of ether oxygens (including phenoxy) is 3. The topological polar surface area (TPSA) is 133 Å². The van der Waals surface area contributed by atoms with Crippen LogP contribution in [0.3, 0.4) is 0 Å². The normalized spacial score (nSPS) is 20.1. The summed E-state index contributed by atoms with van der Waals surface area (Å²) in [5.74, 6) is 0.359. The number of rotatable bonds is 7. The number of carbonyl (C=O) groups is 1. The van der Waals surface area contributed by atoms with Crippen molar-refractivity contribution in [1.29, 1.82) is 0 Å². The van der Waals surface area contributed by atoms with Crippen LogP contribution in [0.4, 0.5) is 0 Å². The average Bonchev–Trinajstić information content (AvgIpc) is 3.49. The molecule has 1 fully saturated rings. The third kappa shape index (κ3) is 4.27. The molecule has 3 aromatic rings. The summed E-state index contributed by atoms with van der Waals surface area (Å²) in [5.41, 5.74) is 1.07. The third-order valence-corrected chi connectivity index (χ3v) is 7.97. The predicted octanol–water partition coefficient (Wildman–Crippen LogP) is 2.46. The lowest BCUT2D eigenvalue weighted by atomic mass is 10.1. The molecule has 2 atom stereocenters. The van der Waals surface area contributed by atoms with Crippen molar-refractivity contribution >= 4 is 26.9 Å². The lowest BCUT2D eigenvalue weighted by Gasteiger charge is -2.18. The van der Waals surface area contributed by atoms with Gasteiger partial charge in [0, 0.05) is 30.6 Å². The van der Waals surface area contributed by atoms with Crippen molar-refractivity contribution in [3.8, 4) is 17.4 Å². The van der Waals surface area contributed by atoms with Gasteiger partial charge in [0.25, 0.3) is 0 Å². The Bertz CT molecular complexity index is 1390. The van der Waals surface area contributed by atoms with E-state index < -0.39 is 16.0 Å². The van der Waals surface area contributed by atoms with E-state index in [1.807, 2.05) is 20.8 Å². The van der Waals surface area contributed by atoms with E-state index in [2.05, 4.69) is 10.1 Å². The van der Waals surface area contributed by atoms with Crippen molar-refractivity contribution in [1.82, 2.24) is 19.1 Å². The highest BCUT2D eigenvalue weighted by atomic mass is 32.2. The molecule has 0 amide bonds. The van der Waals surface area contributed by atoms with Gasteiger partial charge < -0.3 is 19.3 Å². The van der Waals surface area contributed by atoms with E-state index in [1.54, 1.807) is 22.9 Å². The molecule has 2 aromatic heterocycles. The smallest absolute Gasteiger partial charge is 0.309 e. The van der Waals surface area contributed by atoms with Crippen molar-refractivity contribution in [2.45, 2.75) is 44.2 Å². The molecule has 35 heavy (non-hydrogen) atoms. The van der Waals surface area contributed by atoms with Crippen LogP contribution in [0.15, 0.2) is 35.4 Å². The molecule has 2 aliphatic rings. The molecule has 2 aliphatic heterocycles. The Morgan fingerprint density at radius 3 is 2.63 bits per heavy atom. The highest BCUT2D eigenvalue weighted by Gasteiger charge is 2.40. The number of sulfonamides is 1. The SMILES string of the molecule is CC(C)Oc1ccc(S(=O)(=O)N2C[C@@H](C)[C@@H](n3nc(CC(=O)O)c4cc5c(cc43)OCO5)C2)cn1.